The molecular weight excluding hydrogens is 452 g/mol. The predicted molar refractivity (Wildman–Crippen MR) is 134 cm³/mol. The first-order chi connectivity index (χ1) is 16.2. The summed E-state index contributed by atoms with van der Waals surface area (Å²) in [5.74, 6) is 1.39. The van der Waals surface area contributed by atoms with Gasteiger partial charge >= 0.3 is 6.09 Å². The molecule has 3 N–H and O–H groups in total. The fraction of sp³-hybridized carbons (Fsp3) is 0.583. The lowest BCUT2D eigenvalue weighted by Crippen LogP contribution is -2.63. The zero-order chi connectivity index (χ0) is 26.1. The number of amides is 2. The molecule has 0 saturated carbocycles. The van der Waals surface area contributed by atoms with Crippen molar-refractivity contribution in [3.63, 3.8) is 0 Å². The molecule has 0 bridgehead atoms. The van der Waals surface area contributed by atoms with Crippen LogP contribution in [0.3, 0.4) is 0 Å². The Hall–Kier alpha value is -3.50. The van der Waals surface area contributed by atoms with Crippen LogP contribution < -0.4 is 25.4 Å². The number of anilines is 2. The van der Waals surface area contributed by atoms with Gasteiger partial charge in [-0.05, 0) is 47.6 Å². The van der Waals surface area contributed by atoms with Crippen molar-refractivity contribution < 1.29 is 23.8 Å². The number of nitrogens with zero attached hydrogens (tertiary/aromatic N) is 4. The minimum atomic E-state index is -0.802. The third-order valence-electron chi connectivity index (χ3n) is 5.31. The van der Waals surface area contributed by atoms with Crippen molar-refractivity contribution in [2.75, 3.05) is 44.5 Å². The van der Waals surface area contributed by atoms with Crippen LogP contribution in [0.15, 0.2) is 12.1 Å². The molecule has 1 aliphatic rings. The van der Waals surface area contributed by atoms with Crippen LogP contribution in [0.1, 0.15) is 41.5 Å². The number of nitrogens with one attached hydrogen (secondary N) is 1. The molecule has 3 rings (SSSR count). The number of nitrogens with two attached hydrogens (primary N) is 1. The number of hydrogen-bond acceptors (Lipinski definition) is 9. The van der Waals surface area contributed by atoms with Crippen LogP contribution >= 0.6 is 0 Å². The first kappa shape index (κ1) is 26.1. The summed E-state index contributed by atoms with van der Waals surface area (Å²) in [6, 6.07) is 2.66. The second-order valence-electron chi connectivity index (χ2n) is 10.5. The number of carbonyl (C=O) groups is 2. The highest BCUT2D eigenvalue weighted by molar-refractivity contribution is 5.92. The van der Waals surface area contributed by atoms with Crippen LogP contribution in [0.25, 0.3) is 10.9 Å². The van der Waals surface area contributed by atoms with E-state index in [1.54, 1.807) is 47.1 Å². The minimum Gasteiger partial charge on any atom is -0.493 e. The molecule has 11 heteroatoms. The molecule has 1 aromatic carbocycles. The van der Waals surface area contributed by atoms with Crippen LogP contribution in [0.4, 0.5) is 16.6 Å². The van der Waals surface area contributed by atoms with Crippen LogP contribution in [0.5, 0.6) is 11.5 Å². The van der Waals surface area contributed by atoms with Gasteiger partial charge in [-0.3, -0.25) is 9.69 Å². The van der Waals surface area contributed by atoms with Crippen LogP contribution in [0, 0.1) is 0 Å². The maximum Gasteiger partial charge on any atom is 0.411 e. The molecule has 2 amide bonds. The number of carbonyl (C=O) groups excluding carboxylic acids is 2. The van der Waals surface area contributed by atoms with Gasteiger partial charge in [-0.2, -0.15) is 4.98 Å². The fourth-order valence-corrected chi connectivity index (χ4v) is 3.79. The average Bonchev–Trinajstić information content (AvgIpc) is 2.75. The Morgan fingerprint density at radius 3 is 2.23 bits per heavy atom. The van der Waals surface area contributed by atoms with Crippen molar-refractivity contribution in [2.45, 2.75) is 58.7 Å². The van der Waals surface area contributed by atoms with Crippen LogP contribution in [0.2, 0.25) is 0 Å². The number of ether oxygens (including phenoxy) is 3. The number of aromatic nitrogens is 2. The van der Waals surface area contributed by atoms with E-state index < -0.39 is 23.3 Å². The van der Waals surface area contributed by atoms with Crippen molar-refractivity contribution >= 4 is 34.7 Å². The number of fused-ring (bicyclic) bond motifs is 1. The number of hydrogen-bond donors (Lipinski definition) is 2. The Kier molecular flexibility index (Phi) is 7.18. The van der Waals surface area contributed by atoms with Gasteiger partial charge in [0.05, 0.1) is 26.3 Å². The van der Waals surface area contributed by atoms with Gasteiger partial charge in [-0.1, -0.05) is 0 Å². The molecule has 2 aromatic rings. The molecule has 1 aromatic heterocycles. The van der Waals surface area contributed by atoms with Crippen molar-refractivity contribution in [3.05, 3.63) is 12.1 Å². The van der Waals surface area contributed by atoms with Crippen molar-refractivity contribution in [3.8, 4) is 11.5 Å². The second-order valence-corrected chi connectivity index (χ2v) is 10.5. The van der Waals surface area contributed by atoms with E-state index in [2.05, 4.69) is 15.3 Å². The summed E-state index contributed by atoms with van der Waals surface area (Å²) in [6.07, 6.45) is -0.540. The molecule has 0 spiro atoms. The highest BCUT2D eigenvalue weighted by Crippen LogP contribution is 2.34. The molecule has 2 heterocycles. The molecule has 11 nitrogen and oxygen atoms in total. The Labute approximate surface area is 205 Å². The van der Waals surface area contributed by atoms with Gasteiger partial charge in [0.25, 0.3) is 0 Å². The van der Waals surface area contributed by atoms with Gasteiger partial charge in [0, 0.05) is 30.1 Å². The fourth-order valence-electron chi connectivity index (χ4n) is 3.79. The van der Waals surface area contributed by atoms with Gasteiger partial charge in [-0.15, -0.1) is 0 Å². The van der Waals surface area contributed by atoms with Gasteiger partial charge < -0.3 is 30.2 Å². The molecule has 0 radical (unpaired) electrons. The van der Waals surface area contributed by atoms with Crippen LogP contribution in [-0.4, -0.2) is 77.9 Å². The summed E-state index contributed by atoms with van der Waals surface area (Å²) in [6.45, 7) is 11.9. The largest absolute Gasteiger partial charge is 0.493 e. The van der Waals surface area contributed by atoms with Gasteiger partial charge in [0.2, 0.25) is 11.9 Å². The molecule has 1 atom stereocenters. The van der Waals surface area contributed by atoms with E-state index in [0.29, 0.717) is 34.9 Å². The average molecular weight is 489 g/mol. The molecule has 0 aliphatic carbocycles. The highest BCUT2D eigenvalue weighted by atomic mass is 16.6. The minimum absolute atomic E-state index is 0.180. The monoisotopic (exact) mass is 488 g/mol. The van der Waals surface area contributed by atoms with Crippen molar-refractivity contribution in [2.24, 2.45) is 0 Å². The number of rotatable bonds is 4. The SMILES string of the molecule is COc1cc2nc(N3CCN(C(=O)OC(C)(C)C)[C@@H](C(=O)NC(C)(C)C)C3)nc(N)c2cc1OC. The number of nitrogen functional groups attached to an aromatic ring is 1. The smallest absolute Gasteiger partial charge is 0.411 e. The first-order valence-electron chi connectivity index (χ1n) is 11.5. The lowest BCUT2D eigenvalue weighted by molar-refractivity contribution is -0.128. The third kappa shape index (κ3) is 6.14. The summed E-state index contributed by atoms with van der Waals surface area (Å²) < 4.78 is 16.3. The zero-order valence-electron chi connectivity index (χ0n) is 21.8. The van der Waals surface area contributed by atoms with Crippen molar-refractivity contribution in [1.29, 1.82) is 0 Å². The normalized spacial score (nSPS) is 16.7. The summed E-state index contributed by atoms with van der Waals surface area (Å²) >= 11 is 0. The lowest BCUT2D eigenvalue weighted by atomic mass is 10.1. The molecule has 0 unspecified atom stereocenters. The maximum absolute atomic E-state index is 13.2. The van der Waals surface area contributed by atoms with Gasteiger partial charge in [-0.25, -0.2) is 9.78 Å². The standard InChI is InChI=1S/C24H36N6O5/c1-23(2,3)28-20(31)16-13-29(9-10-30(16)22(32)35-24(4,5)6)21-26-15-12-18(34-8)17(33-7)11-14(15)19(25)27-21/h11-12,16H,9-10,13H2,1-8H3,(H,28,31)(H2,25,26,27)/t16-/m1/s1. The van der Waals surface area contributed by atoms with E-state index in [1.807, 2.05) is 25.7 Å². The Balaban J connectivity index is 1.96. The maximum atomic E-state index is 13.2. The van der Waals surface area contributed by atoms with E-state index in [4.69, 9.17) is 19.9 Å². The van der Waals surface area contributed by atoms with Gasteiger partial charge in [0.15, 0.2) is 11.5 Å². The van der Waals surface area contributed by atoms with E-state index in [-0.39, 0.29) is 24.8 Å². The zero-order valence-corrected chi connectivity index (χ0v) is 21.8. The third-order valence-corrected chi connectivity index (χ3v) is 5.31. The van der Waals surface area contributed by atoms with E-state index in [9.17, 15) is 9.59 Å². The summed E-state index contributed by atoms with van der Waals surface area (Å²) in [5, 5.41) is 3.59. The molecule has 1 aliphatic heterocycles. The summed E-state index contributed by atoms with van der Waals surface area (Å²) in [5.41, 5.74) is 5.68. The Bertz CT molecular complexity index is 1110. The van der Waals surface area contributed by atoms with E-state index >= 15 is 0 Å². The highest BCUT2D eigenvalue weighted by Gasteiger charge is 2.39. The Morgan fingerprint density at radius 2 is 1.66 bits per heavy atom. The van der Waals surface area contributed by atoms with Crippen LogP contribution in [-0.2, 0) is 9.53 Å². The molecule has 192 valence electrons. The topological polar surface area (TPSA) is 132 Å². The Morgan fingerprint density at radius 1 is 1.03 bits per heavy atom. The summed E-state index contributed by atoms with van der Waals surface area (Å²) in [4.78, 5) is 38.6. The van der Waals surface area contributed by atoms with Gasteiger partial charge in [0.1, 0.15) is 17.5 Å². The number of benzene rings is 1. The molecule has 1 fully saturated rings. The van der Waals surface area contributed by atoms with Crippen molar-refractivity contribution in [1.82, 2.24) is 20.2 Å². The molecule has 1 saturated heterocycles. The molecule has 35 heavy (non-hydrogen) atoms. The molecular formula is C24H36N6O5. The number of piperazine rings is 1. The van der Waals surface area contributed by atoms with E-state index in [1.165, 1.54) is 4.90 Å². The first-order valence-corrected chi connectivity index (χ1v) is 11.5. The second kappa shape index (κ2) is 9.63. The quantitative estimate of drug-likeness (QED) is 0.666. The lowest BCUT2D eigenvalue weighted by Gasteiger charge is -2.41. The summed E-state index contributed by atoms with van der Waals surface area (Å²) in [7, 11) is 3.09. The number of methoxy groups -OCH3 is 2. The predicted octanol–water partition coefficient (Wildman–Crippen LogP) is 2.57. The van der Waals surface area contributed by atoms with E-state index in [0.717, 1.165) is 0 Å².